The van der Waals surface area contributed by atoms with Crippen molar-refractivity contribution in [2.45, 2.75) is 31.8 Å². The van der Waals surface area contributed by atoms with Gasteiger partial charge in [0.25, 0.3) is 0 Å². The highest BCUT2D eigenvalue weighted by molar-refractivity contribution is 9.10. The van der Waals surface area contributed by atoms with Crippen LogP contribution in [0.3, 0.4) is 0 Å². The van der Waals surface area contributed by atoms with Gasteiger partial charge in [0.05, 0.1) is 11.7 Å². The zero-order valence-corrected chi connectivity index (χ0v) is 10.7. The van der Waals surface area contributed by atoms with Gasteiger partial charge >= 0.3 is 0 Å². The van der Waals surface area contributed by atoms with Crippen LogP contribution in [-0.4, -0.2) is 28.8 Å². The van der Waals surface area contributed by atoms with E-state index in [0.29, 0.717) is 0 Å². The van der Waals surface area contributed by atoms with Gasteiger partial charge in [0, 0.05) is 17.2 Å². The predicted molar refractivity (Wildman–Crippen MR) is 66.1 cm³/mol. The molecule has 0 aromatic carbocycles. The second-order valence-corrected chi connectivity index (χ2v) is 5.05. The van der Waals surface area contributed by atoms with E-state index in [0.717, 1.165) is 42.4 Å². The summed E-state index contributed by atoms with van der Waals surface area (Å²) in [5, 5.41) is 0. The number of carbonyl (C=O) groups excluding carboxylic acids is 1. The van der Waals surface area contributed by atoms with Crippen molar-refractivity contribution in [3.05, 3.63) is 28.5 Å². The van der Waals surface area contributed by atoms with E-state index in [-0.39, 0.29) is 6.04 Å². The smallest absolute Gasteiger partial charge is 0.137 e. The summed E-state index contributed by atoms with van der Waals surface area (Å²) in [6, 6.07) is 4.07. The number of pyridine rings is 1. The number of carbonyl (C=O) groups is 1. The lowest BCUT2D eigenvalue weighted by molar-refractivity contribution is -0.113. The van der Waals surface area contributed by atoms with E-state index in [1.807, 2.05) is 12.1 Å². The summed E-state index contributed by atoms with van der Waals surface area (Å²) < 4.78 is 0.988. The van der Waals surface area contributed by atoms with E-state index in [1.165, 1.54) is 6.42 Å². The number of halogens is 1. The Hall–Kier alpha value is -0.740. The first-order chi connectivity index (χ1) is 7.79. The number of hydrogen-bond acceptors (Lipinski definition) is 3. The molecule has 0 N–H and O–H groups in total. The van der Waals surface area contributed by atoms with Crippen LogP contribution in [-0.2, 0) is 11.3 Å². The largest absolute Gasteiger partial charge is 0.302 e. The molecule has 1 fully saturated rings. The van der Waals surface area contributed by atoms with Crippen LogP contribution in [0.2, 0.25) is 0 Å². The molecule has 3 nitrogen and oxygen atoms in total. The van der Waals surface area contributed by atoms with Crippen molar-refractivity contribution in [1.82, 2.24) is 9.88 Å². The first-order valence-electron chi connectivity index (χ1n) is 5.59. The first kappa shape index (κ1) is 11.7. The molecule has 0 aliphatic carbocycles. The lowest BCUT2D eigenvalue weighted by Crippen LogP contribution is -2.40. The number of aldehydes is 1. The van der Waals surface area contributed by atoms with E-state index in [4.69, 9.17) is 0 Å². The second-order valence-electron chi connectivity index (χ2n) is 4.14. The summed E-state index contributed by atoms with van der Waals surface area (Å²) in [6.07, 6.45) is 6.20. The fourth-order valence-electron chi connectivity index (χ4n) is 2.08. The second kappa shape index (κ2) is 5.55. The molecule has 16 heavy (non-hydrogen) atoms. The van der Waals surface area contributed by atoms with Gasteiger partial charge in [-0.1, -0.05) is 6.42 Å². The first-order valence-corrected chi connectivity index (χ1v) is 6.38. The highest BCUT2D eigenvalue weighted by atomic mass is 79.9. The van der Waals surface area contributed by atoms with Gasteiger partial charge in [0.15, 0.2) is 0 Å². The quantitative estimate of drug-likeness (QED) is 0.799. The molecule has 1 aliphatic rings. The van der Waals surface area contributed by atoms with Gasteiger partial charge in [0.2, 0.25) is 0 Å². The Morgan fingerprint density at radius 2 is 2.38 bits per heavy atom. The highest BCUT2D eigenvalue weighted by Gasteiger charge is 2.21. The minimum absolute atomic E-state index is 0.0826. The molecule has 0 spiro atoms. The van der Waals surface area contributed by atoms with Gasteiger partial charge in [0.1, 0.15) is 6.29 Å². The van der Waals surface area contributed by atoms with Crippen LogP contribution in [0.25, 0.3) is 0 Å². The predicted octanol–water partition coefficient (Wildman–Crippen LogP) is 2.40. The molecule has 1 aliphatic heterocycles. The summed E-state index contributed by atoms with van der Waals surface area (Å²) in [7, 11) is 0. The van der Waals surface area contributed by atoms with Gasteiger partial charge in [-0.25, -0.2) is 0 Å². The maximum absolute atomic E-state index is 10.9. The van der Waals surface area contributed by atoms with Crippen molar-refractivity contribution in [3.8, 4) is 0 Å². The molecule has 1 atom stereocenters. The summed E-state index contributed by atoms with van der Waals surface area (Å²) in [6.45, 7) is 1.78. The zero-order valence-electron chi connectivity index (χ0n) is 9.10. The summed E-state index contributed by atoms with van der Waals surface area (Å²) >= 11 is 3.36. The average Bonchev–Trinajstić information content (AvgIpc) is 2.33. The van der Waals surface area contributed by atoms with Crippen molar-refractivity contribution in [2.75, 3.05) is 6.54 Å². The standard InChI is InChI=1S/C12H15BrN2O/c13-10-4-5-11(14-7-10)8-15-6-2-1-3-12(15)9-16/h4-5,7,9,12H,1-3,6,8H2. The van der Waals surface area contributed by atoms with Gasteiger partial charge in [-0.05, 0) is 47.4 Å². The Bertz CT molecular complexity index is 353. The van der Waals surface area contributed by atoms with Crippen molar-refractivity contribution in [2.24, 2.45) is 0 Å². The normalized spacial score (nSPS) is 21.9. The minimum atomic E-state index is 0.0826. The van der Waals surface area contributed by atoms with Crippen molar-refractivity contribution in [3.63, 3.8) is 0 Å². The van der Waals surface area contributed by atoms with Gasteiger partial charge in [-0.3, -0.25) is 9.88 Å². The van der Waals surface area contributed by atoms with Crippen molar-refractivity contribution >= 4 is 22.2 Å². The maximum Gasteiger partial charge on any atom is 0.137 e. The van der Waals surface area contributed by atoms with E-state index in [9.17, 15) is 4.79 Å². The Kier molecular flexibility index (Phi) is 4.07. The Labute approximate surface area is 104 Å². The molecule has 1 saturated heterocycles. The molecule has 0 radical (unpaired) electrons. The van der Waals surface area contributed by atoms with E-state index in [2.05, 4.69) is 25.8 Å². The number of hydrogen-bond donors (Lipinski definition) is 0. The highest BCUT2D eigenvalue weighted by Crippen LogP contribution is 2.18. The van der Waals surface area contributed by atoms with Crippen LogP contribution in [0.15, 0.2) is 22.8 Å². The fraction of sp³-hybridized carbons (Fsp3) is 0.500. The molecule has 86 valence electrons. The fourth-order valence-corrected chi connectivity index (χ4v) is 2.31. The molecule has 2 rings (SSSR count). The van der Waals surface area contributed by atoms with E-state index < -0.39 is 0 Å². The minimum Gasteiger partial charge on any atom is -0.302 e. The van der Waals surface area contributed by atoms with Crippen LogP contribution in [0.5, 0.6) is 0 Å². The summed E-state index contributed by atoms with van der Waals surface area (Å²) in [4.78, 5) is 17.5. The van der Waals surface area contributed by atoms with Crippen LogP contribution in [0, 0.1) is 0 Å². The van der Waals surface area contributed by atoms with Crippen molar-refractivity contribution in [1.29, 1.82) is 0 Å². The van der Waals surface area contributed by atoms with E-state index >= 15 is 0 Å². The van der Waals surface area contributed by atoms with Crippen LogP contribution < -0.4 is 0 Å². The van der Waals surface area contributed by atoms with Crippen molar-refractivity contribution < 1.29 is 4.79 Å². The Morgan fingerprint density at radius 3 is 3.06 bits per heavy atom. The third kappa shape index (κ3) is 2.89. The maximum atomic E-state index is 10.9. The Balaban J connectivity index is 2.02. The zero-order chi connectivity index (χ0) is 11.4. The lowest BCUT2D eigenvalue weighted by atomic mass is 10.0. The average molecular weight is 283 g/mol. The molecule has 0 amide bonds. The summed E-state index contributed by atoms with van der Waals surface area (Å²) in [5.41, 5.74) is 1.02. The van der Waals surface area contributed by atoms with Crippen LogP contribution in [0.4, 0.5) is 0 Å². The number of piperidine rings is 1. The monoisotopic (exact) mass is 282 g/mol. The van der Waals surface area contributed by atoms with E-state index in [1.54, 1.807) is 6.20 Å². The number of likely N-dealkylation sites (tertiary alicyclic amines) is 1. The van der Waals surface area contributed by atoms with Crippen LogP contribution >= 0.6 is 15.9 Å². The third-order valence-electron chi connectivity index (χ3n) is 2.98. The molecule has 0 bridgehead atoms. The summed E-state index contributed by atoms with van der Waals surface area (Å²) in [5.74, 6) is 0. The number of rotatable bonds is 3. The lowest BCUT2D eigenvalue weighted by Gasteiger charge is -2.31. The third-order valence-corrected chi connectivity index (χ3v) is 3.44. The van der Waals surface area contributed by atoms with Gasteiger partial charge < -0.3 is 4.79 Å². The number of nitrogens with zero attached hydrogens (tertiary/aromatic N) is 2. The topological polar surface area (TPSA) is 33.2 Å². The molecule has 4 heteroatoms. The molecule has 1 aromatic heterocycles. The Morgan fingerprint density at radius 1 is 1.50 bits per heavy atom. The van der Waals surface area contributed by atoms with Gasteiger partial charge in [-0.2, -0.15) is 0 Å². The SMILES string of the molecule is O=CC1CCCCN1Cc1ccc(Br)cn1. The van der Waals surface area contributed by atoms with Gasteiger partial charge in [-0.15, -0.1) is 0 Å². The molecule has 0 saturated carbocycles. The van der Waals surface area contributed by atoms with Crippen LogP contribution in [0.1, 0.15) is 25.0 Å². The molecule has 1 aromatic rings. The number of aromatic nitrogens is 1. The molecule has 1 unspecified atom stereocenters. The molecular weight excluding hydrogens is 268 g/mol. The molecular formula is C12H15BrN2O. The molecule has 2 heterocycles.